The van der Waals surface area contributed by atoms with Gasteiger partial charge in [-0.15, -0.1) is 0 Å². The number of aromatic nitrogens is 1. The minimum absolute atomic E-state index is 0.0289. The van der Waals surface area contributed by atoms with Crippen molar-refractivity contribution in [3.63, 3.8) is 0 Å². The summed E-state index contributed by atoms with van der Waals surface area (Å²) in [5.41, 5.74) is 0.668. The highest BCUT2D eigenvalue weighted by Gasteiger charge is 2.19. The van der Waals surface area contributed by atoms with Crippen LogP contribution in [-0.2, 0) is 6.61 Å². The molecule has 1 N–H and O–H groups in total. The highest BCUT2D eigenvalue weighted by molar-refractivity contribution is 5.15. The Morgan fingerprint density at radius 1 is 1.31 bits per heavy atom. The first-order valence-corrected chi connectivity index (χ1v) is 6.01. The molecule has 0 aliphatic heterocycles. The lowest BCUT2D eigenvalue weighted by Crippen LogP contribution is -2.23. The second kappa shape index (κ2) is 5.30. The Kier molecular flexibility index (Phi) is 3.78. The fourth-order valence-electron chi connectivity index (χ4n) is 2.13. The van der Waals surface area contributed by atoms with E-state index in [1.54, 1.807) is 6.07 Å². The van der Waals surface area contributed by atoms with Crippen molar-refractivity contribution in [3.8, 4) is 5.88 Å². The van der Waals surface area contributed by atoms with Gasteiger partial charge in [-0.05, 0) is 37.7 Å². The molecular weight excluding hydrogens is 202 g/mol. The van der Waals surface area contributed by atoms with E-state index in [1.807, 2.05) is 12.1 Å². The van der Waals surface area contributed by atoms with E-state index >= 15 is 0 Å². The van der Waals surface area contributed by atoms with E-state index in [-0.39, 0.29) is 6.61 Å². The molecule has 1 aromatic heterocycles. The zero-order valence-corrected chi connectivity index (χ0v) is 9.72. The Morgan fingerprint density at radius 3 is 2.75 bits per heavy atom. The van der Waals surface area contributed by atoms with Gasteiger partial charge in [0.05, 0.1) is 12.3 Å². The van der Waals surface area contributed by atoms with Gasteiger partial charge in [0.25, 0.3) is 0 Å². The van der Waals surface area contributed by atoms with E-state index in [2.05, 4.69) is 11.9 Å². The molecule has 0 aromatic carbocycles. The summed E-state index contributed by atoms with van der Waals surface area (Å²) >= 11 is 0. The van der Waals surface area contributed by atoms with Gasteiger partial charge in [0.15, 0.2) is 0 Å². The molecule has 88 valence electrons. The van der Waals surface area contributed by atoms with E-state index in [4.69, 9.17) is 9.84 Å². The van der Waals surface area contributed by atoms with Crippen LogP contribution in [0.3, 0.4) is 0 Å². The van der Waals surface area contributed by atoms with Crippen molar-refractivity contribution < 1.29 is 9.84 Å². The van der Waals surface area contributed by atoms with Crippen molar-refractivity contribution in [2.24, 2.45) is 5.92 Å². The Morgan fingerprint density at radius 2 is 2.06 bits per heavy atom. The van der Waals surface area contributed by atoms with Crippen LogP contribution in [0.5, 0.6) is 5.88 Å². The summed E-state index contributed by atoms with van der Waals surface area (Å²) in [5, 5.41) is 8.98. The van der Waals surface area contributed by atoms with Gasteiger partial charge in [-0.2, -0.15) is 0 Å². The summed E-state index contributed by atoms with van der Waals surface area (Å²) in [6.07, 6.45) is 5.02. The zero-order valence-electron chi connectivity index (χ0n) is 9.72. The molecule has 2 rings (SSSR count). The molecule has 0 spiro atoms. The first-order valence-electron chi connectivity index (χ1n) is 6.01. The van der Waals surface area contributed by atoms with Gasteiger partial charge in [-0.3, -0.25) is 0 Å². The summed E-state index contributed by atoms with van der Waals surface area (Å²) < 4.78 is 5.82. The summed E-state index contributed by atoms with van der Waals surface area (Å²) in [5.74, 6) is 1.47. The second-order valence-corrected chi connectivity index (χ2v) is 4.63. The van der Waals surface area contributed by atoms with Crippen molar-refractivity contribution in [2.45, 2.75) is 45.3 Å². The molecule has 0 amide bonds. The highest BCUT2D eigenvalue weighted by atomic mass is 16.5. The molecule has 0 atom stereocenters. The molecule has 3 heteroatoms. The number of pyridine rings is 1. The number of nitrogens with zero attached hydrogens (tertiary/aromatic N) is 1. The molecule has 1 aliphatic carbocycles. The molecule has 0 unspecified atom stereocenters. The largest absolute Gasteiger partial charge is 0.474 e. The number of ether oxygens (including phenoxy) is 1. The quantitative estimate of drug-likeness (QED) is 0.852. The highest BCUT2D eigenvalue weighted by Crippen LogP contribution is 2.26. The fourth-order valence-corrected chi connectivity index (χ4v) is 2.13. The van der Waals surface area contributed by atoms with Gasteiger partial charge in [0.2, 0.25) is 5.88 Å². The summed E-state index contributed by atoms with van der Waals surface area (Å²) in [6.45, 7) is 2.26. The first kappa shape index (κ1) is 11.4. The van der Waals surface area contributed by atoms with Gasteiger partial charge in [-0.1, -0.05) is 13.0 Å². The standard InChI is InChI=1S/C13H19NO2/c1-10-5-7-12(8-6-10)16-13-4-2-3-11(9-15)14-13/h2-4,10,12,15H,5-9H2,1H3. The van der Waals surface area contributed by atoms with Crippen LogP contribution in [0.4, 0.5) is 0 Å². The topological polar surface area (TPSA) is 42.4 Å². The van der Waals surface area contributed by atoms with Crippen molar-refractivity contribution in [2.75, 3.05) is 0 Å². The average Bonchev–Trinajstić information content (AvgIpc) is 2.32. The number of aliphatic hydroxyl groups is 1. The van der Waals surface area contributed by atoms with Crippen LogP contribution in [0.15, 0.2) is 18.2 Å². The molecule has 1 heterocycles. The number of aliphatic hydroxyl groups excluding tert-OH is 1. The lowest BCUT2D eigenvalue weighted by Gasteiger charge is -2.26. The molecule has 1 saturated carbocycles. The van der Waals surface area contributed by atoms with Gasteiger partial charge in [-0.25, -0.2) is 4.98 Å². The Balaban J connectivity index is 1.93. The van der Waals surface area contributed by atoms with E-state index in [1.165, 1.54) is 12.8 Å². The molecule has 0 radical (unpaired) electrons. The molecule has 3 nitrogen and oxygen atoms in total. The van der Waals surface area contributed by atoms with Crippen LogP contribution < -0.4 is 4.74 Å². The SMILES string of the molecule is CC1CCC(Oc2cccc(CO)n2)CC1. The maximum atomic E-state index is 8.98. The van der Waals surface area contributed by atoms with E-state index in [9.17, 15) is 0 Å². The average molecular weight is 221 g/mol. The smallest absolute Gasteiger partial charge is 0.213 e. The summed E-state index contributed by atoms with van der Waals surface area (Å²) in [6, 6.07) is 5.53. The molecule has 16 heavy (non-hydrogen) atoms. The number of hydrogen-bond donors (Lipinski definition) is 1. The predicted molar refractivity (Wildman–Crippen MR) is 62.2 cm³/mol. The third-order valence-corrected chi connectivity index (χ3v) is 3.19. The van der Waals surface area contributed by atoms with Gasteiger partial charge < -0.3 is 9.84 Å². The second-order valence-electron chi connectivity index (χ2n) is 4.63. The third kappa shape index (κ3) is 2.95. The Hall–Kier alpha value is -1.09. The predicted octanol–water partition coefficient (Wildman–Crippen LogP) is 2.53. The monoisotopic (exact) mass is 221 g/mol. The molecule has 1 aromatic rings. The summed E-state index contributed by atoms with van der Waals surface area (Å²) in [4.78, 5) is 4.23. The van der Waals surface area contributed by atoms with Gasteiger partial charge >= 0.3 is 0 Å². The molecular formula is C13H19NO2. The minimum atomic E-state index is -0.0289. The van der Waals surface area contributed by atoms with Crippen molar-refractivity contribution >= 4 is 0 Å². The van der Waals surface area contributed by atoms with Crippen LogP contribution in [0.2, 0.25) is 0 Å². The fraction of sp³-hybridized carbons (Fsp3) is 0.615. The minimum Gasteiger partial charge on any atom is -0.474 e. The normalized spacial score (nSPS) is 25.4. The number of hydrogen-bond acceptors (Lipinski definition) is 3. The van der Waals surface area contributed by atoms with E-state index in [0.717, 1.165) is 18.8 Å². The van der Waals surface area contributed by atoms with Crippen LogP contribution in [-0.4, -0.2) is 16.2 Å². The van der Waals surface area contributed by atoms with Gasteiger partial charge in [0, 0.05) is 6.07 Å². The zero-order chi connectivity index (χ0) is 11.4. The Bertz CT molecular complexity index is 332. The first-order chi connectivity index (χ1) is 7.78. The van der Waals surface area contributed by atoms with Crippen LogP contribution in [0.25, 0.3) is 0 Å². The third-order valence-electron chi connectivity index (χ3n) is 3.19. The molecule has 0 bridgehead atoms. The van der Waals surface area contributed by atoms with Crippen molar-refractivity contribution in [1.29, 1.82) is 0 Å². The van der Waals surface area contributed by atoms with Crippen LogP contribution in [0.1, 0.15) is 38.3 Å². The maximum absolute atomic E-state index is 8.98. The van der Waals surface area contributed by atoms with Crippen molar-refractivity contribution in [1.82, 2.24) is 4.98 Å². The maximum Gasteiger partial charge on any atom is 0.213 e. The molecule has 1 aliphatic rings. The number of rotatable bonds is 3. The Labute approximate surface area is 96.5 Å². The van der Waals surface area contributed by atoms with E-state index < -0.39 is 0 Å². The van der Waals surface area contributed by atoms with Crippen LogP contribution in [0, 0.1) is 5.92 Å². The lowest BCUT2D eigenvalue weighted by atomic mass is 9.89. The molecule has 0 saturated heterocycles. The summed E-state index contributed by atoms with van der Waals surface area (Å²) in [7, 11) is 0. The molecule has 1 fully saturated rings. The van der Waals surface area contributed by atoms with Crippen molar-refractivity contribution in [3.05, 3.63) is 23.9 Å². The lowest BCUT2D eigenvalue weighted by molar-refractivity contribution is 0.129. The van der Waals surface area contributed by atoms with Crippen LogP contribution >= 0.6 is 0 Å². The van der Waals surface area contributed by atoms with E-state index in [0.29, 0.717) is 17.7 Å². The van der Waals surface area contributed by atoms with Gasteiger partial charge in [0.1, 0.15) is 6.10 Å².